The van der Waals surface area contributed by atoms with Gasteiger partial charge in [0.25, 0.3) is 5.91 Å². The third kappa shape index (κ3) is 3.17. The molecule has 3 rings (SSSR count). The number of carbonyl (C=O) groups excluding carboxylic acids is 1. The number of nitrogens with zero attached hydrogens (tertiary/aromatic N) is 2. The number of nitrogens with one attached hydrogen (secondary N) is 2. The van der Waals surface area contributed by atoms with Crippen LogP contribution < -0.4 is 15.4 Å². The van der Waals surface area contributed by atoms with E-state index in [1.165, 1.54) is 6.07 Å². The predicted octanol–water partition coefficient (Wildman–Crippen LogP) is 2.96. The highest BCUT2D eigenvalue weighted by atomic mass is 19.4. The van der Waals surface area contributed by atoms with Crippen LogP contribution in [0.2, 0.25) is 0 Å². The van der Waals surface area contributed by atoms with E-state index in [1.807, 2.05) is 0 Å². The summed E-state index contributed by atoms with van der Waals surface area (Å²) in [5.41, 5.74) is -0.204. The van der Waals surface area contributed by atoms with Crippen LogP contribution in [0.5, 0.6) is 5.75 Å². The largest absolute Gasteiger partial charge is 0.479 e. The second kappa shape index (κ2) is 5.41. The first-order chi connectivity index (χ1) is 10.8. The van der Waals surface area contributed by atoms with Crippen LogP contribution >= 0.6 is 0 Å². The maximum absolute atomic E-state index is 12.6. The van der Waals surface area contributed by atoms with Gasteiger partial charge in [-0.2, -0.15) is 13.2 Å². The minimum absolute atomic E-state index is 0.198. The second-order valence-corrected chi connectivity index (χ2v) is 4.85. The van der Waals surface area contributed by atoms with Crippen LogP contribution in [0.15, 0.2) is 30.5 Å². The number of aromatic nitrogens is 2. The van der Waals surface area contributed by atoms with E-state index < -0.39 is 18.0 Å². The summed E-state index contributed by atoms with van der Waals surface area (Å²) in [6, 6.07) is 5.50. The van der Waals surface area contributed by atoms with Crippen LogP contribution in [0.4, 0.5) is 30.5 Å². The van der Waals surface area contributed by atoms with E-state index in [1.54, 1.807) is 19.1 Å². The Morgan fingerprint density at radius 3 is 2.83 bits per heavy atom. The standard InChI is InChI=1S/C14H11F3N4O2/c1-7-12(22)20-9-6-8(2-3-10(9)23-7)19-13-18-5-4-11(21-13)14(15,16)17/h2-7H,1H3,(H,20,22)(H,18,19,21)/t7-/m0/s1. The van der Waals surface area contributed by atoms with Crippen LogP contribution in [0.3, 0.4) is 0 Å². The number of fused-ring (bicyclic) bond motifs is 1. The average molecular weight is 324 g/mol. The molecule has 2 heterocycles. The molecular formula is C14H11F3N4O2. The number of ether oxygens (including phenoxy) is 1. The van der Waals surface area contributed by atoms with Gasteiger partial charge in [0.15, 0.2) is 6.10 Å². The van der Waals surface area contributed by atoms with Crippen molar-refractivity contribution in [3.8, 4) is 5.75 Å². The van der Waals surface area contributed by atoms with Crippen molar-refractivity contribution in [3.05, 3.63) is 36.2 Å². The van der Waals surface area contributed by atoms with Crippen molar-refractivity contribution in [2.24, 2.45) is 0 Å². The van der Waals surface area contributed by atoms with Crippen molar-refractivity contribution in [1.29, 1.82) is 0 Å². The van der Waals surface area contributed by atoms with Crippen LogP contribution in [0.1, 0.15) is 12.6 Å². The highest BCUT2D eigenvalue weighted by molar-refractivity contribution is 5.98. The first-order valence-corrected chi connectivity index (χ1v) is 6.62. The lowest BCUT2D eigenvalue weighted by molar-refractivity contribution is -0.141. The van der Waals surface area contributed by atoms with Gasteiger partial charge in [-0.05, 0) is 31.2 Å². The summed E-state index contributed by atoms with van der Waals surface area (Å²) >= 11 is 0. The highest BCUT2D eigenvalue weighted by Crippen LogP contribution is 2.33. The number of anilines is 3. The van der Waals surface area contributed by atoms with Crippen molar-refractivity contribution >= 4 is 23.2 Å². The quantitative estimate of drug-likeness (QED) is 0.888. The number of benzene rings is 1. The molecule has 0 bridgehead atoms. The number of rotatable bonds is 2. The van der Waals surface area contributed by atoms with Crippen LogP contribution in [0.25, 0.3) is 0 Å². The van der Waals surface area contributed by atoms with Crippen molar-refractivity contribution in [3.63, 3.8) is 0 Å². The fourth-order valence-corrected chi connectivity index (χ4v) is 1.99. The molecule has 1 aliphatic rings. The van der Waals surface area contributed by atoms with Crippen LogP contribution in [-0.2, 0) is 11.0 Å². The first kappa shape index (κ1) is 15.1. The molecule has 0 unspecified atom stereocenters. The number of hydrogen-bond donors (Lipinski definition) is 2. The van der Waals surface area contributed by atoms with Gasteiger partial charge < -0.3 is 15.4 Å². The molecule has 120 valence electrons. The molecule has 1 aliphatic heterocycles. The molecule has 9 heteroatoms. The Hall–Kier alpha value is -2.84. The van der Waals surface area contributed by atoms with Gasteiger partial charge in [-0.3, -0.25) is 4.79 Å². The summed E-state index contributed by atoms with van der Waals surface area (Å²) in [4.78, 5) is 18.7. The van der Waals surface area contributed by atoms with Gasteiger partial charge in [-0.1, -0.05) is 0 Å². The molecule has 1 aromatic carbocycles. The fraction of sp³-hybridized carbons (Fsp3) is 0.214. The molecule has 23 heavy (non-hydrogen) atoms. The Morgan fingerprint density at radius 2 is 2.09 bits per heavy atom. The highest BCUT2D eigenvalue weighted by Gasteiger charge is 2.32. The lowest BCUT2D eigenvalue weighted by Crippen LogP contribution is -2.34. The molecule has 1 aromatic heterocycles. The molecule has 0 saturated heterocycles. The van der Waals surface area contributed by atoms with E-state index in [0.29, 0.717) is 17.1 Å². The number of amides is 1. The third-order valence-corrected chi connectivity index (χ3v) is 3.11. The lowest BCUT2D eigenvalue weighted by atomic mass is 10.2. The molecule has 0 spiro atoms. The van der Waals surface area contributed by atoms with E-state index in [2.05, 4.69) is 20.6 Å². The summed E-state index contributed by atoms with van der Waals surface area (Å²) in [6.07, 6.45) is -4.14. The summed E-state index contributed by atoms with van der Waals surface area (Å²) in [5.74, 6) is -0.0197. The Balaban J connectivity index is 1.84. The minimum atomic E-state index is -4.55. The maximum atomic E-state index is 12.6. The number of alkyl halides is 3. The fourth-order valence-electron chi connectivity index (χ4n) is 1.99. The summed E-state index contributed by atoms with van der Waals surface area (Å²) < 4.78 is 43.3. The van der Waals surface area contributed by atoms with Gasteiger partial charge in [0, 0.05) is 11.9 Å². The van der Waals surface area contributed by atoms with Gasteiger partial charge in [-0.25, -0.2) is 9.97 Å². The zero-order valence-electron chi connectivity index (χ0n) is 11.8. The zero-order valence-corrected chi connectivity index (χ0v) is 11.8. The molecule has 0 radical (unpaired) electrons. The van der Waals surface area contributed by atoms with E-state index in [0.717, 1.165) is 12.3 Å². The summed E-state index contributed by atoms with van der Waals surface area (Å²) in [5, 5.41) is 5.31. The number of hydrogen-bond acceptors (Lipinski definition) is 5. The lowest BCUT2D eigenvalue weighted by Gasteiger charge is -2.23. The SMILES string of the molecule is C[C@@H]1Oc2ccc(Nc3nccc(C(F)(F)F)n3)cc2NC1=O. The van der Waals surface area contributed by atoms with E-state index >= 15 is 0 Å². The average Bonchev–Trinajstić information content (AvgIpc) is 2.48. The predicted molar refractivity (Wildman–Crippen MR) is 75.5 cm³/mol. The van der Waals surface area contributed by atoms with Crippen molar-refractivity contribution in [2.45, 2.75) is 19.2 Å². The maximum Gasteiger partial charge on any atom is 0.433 e. The Labute approximate surface area is 128 Å². The third-order valence-electron chi connectivity index (χ3n) is 3.11. The summed E-state index contributed by atoms with van der Waals surface area (Å²) in [6.45, 7) is 1.61. The summed E-state index contributed by atoms with van der Waals surface area (Å²) in [7, 11) is 0. The van der Waals surface area contributed by atoms with Gasteiger partial charge >= 0.3 is 6.18 Å². The number of halogens is 3. The monoisotopic (exact) mass is 324 g/mol. The van der Waals surface area contributed by atoms with Gasteiger partial charge in [0.2, 0.25) is 5.95 Å². The van der Waals surface area contributed by atoms with Gasteiger partial charge in [0.05, 0.1) is 5.69 Å². The Kier molecular flexibility index (Phi) is 3.55. The van der Waals surface area contributed by atoms with Crippen molar-refractivity contribution in [2.75, 3.05) is 10.6 Å². The molecule has 0 fully saturated rings. The molecule has 2 N–H and O–H groups in total. The minimum Gasteiger partial charge on any atom is -0.479 e. The zero-order chi connectivity index (χ0) is 16.6. The van der Waals surface area contributed by atoms with E-state index in [9.17, 15) is 18.0 Å². The van der Waals surface area contributed by atoms with Gasteiger partial charge in [0.1, 0.15) is 11.4 Å². The normalized spacial score (nSPS) is 17.0. The molecule has 2 aromatic rings. The Bertz CT molecular complexity index is 764. The smallest absolute Gasteiger partial charge is 0.433 e. The van der Waals surface area contributed by atoms with Crippen molar-refractivity contribution in [1.82, 2.24) is 9.97 Å². The van der Waals surface area contributed by atoms with Crippen LogP contribution in [0, 0.1) is 0 Å². The molecule has 1 atom stereocenters. The Morgan fingerprint density at radius 1 is 1.30 bits per heavy atom. The van der Waals surface area contributed by atoms with E-state index in [4.69, 9.17) is 4.74 Å². The molecule has 0 aliphatic carbocycles. The molecule has 1 amide bonds. The topological polar surface area (TPSA) is 76.1 Å². The first-order valence-electron chi connectivity index (χ1n) is 6.62. The molecule has 0 saturated carbocycles. The molecular weight excluding hydrogens is 313 g/mol. The van der Waals surface area contributed by atoms with Gasteiger partial charge in [-0.15, -0.1) is 0 Å². The van der Waals surface area contributed by atoms with Crippen molar-refractivity contribution < 1.29 is 22.7 Å². The second-order valence-electron chi connectivity index (χ2n) is 4.85. The molecule has 6 nitrogen and oxygen atoms in total. The number of carbonyl (C=O) groups is 1. The van der Waals surface area contributed by atoms with E-state index in [-0.39, 0.29) is 11.9 Å². The van der Waals surface area contributed by atoms with Crippen LogP contribution in [-0.4, -0.2) is 22.0 Å².